The lowest BCUT2D eigenvalue weighted by Gasteiger charge is -2.49. The minimum atomic E-state index is 0.490. The lowest BCUT2D eigenvalue weighted by molar-refractivity contribution is 0.0301. The Morgan fingerprint density at radius 1 is 1.33 bits per heavy atom. The molecule has 0 aliphatic heterocycles. The molecule has 0 saturated heterocycles. The van der Waals surface area contributed by atoms with Gasteiger partial charge in [0.1, 0.15) is 0 Å². The zero-order valence-corrected chi connectivity index (χ0v) is 11.1. The third kappa shape index (κ3) is 1.66. The molecule has 0 nitrogen and oxygen atoms in total. The maximum Gasteiger partial charge on any atom is -0.00844 e. The summed E-state index contributed by atoms with van der Waals surface area (Å²) in [6.45, 7) is 12.1. The molecule has 0 aromatic carbocycles. The molecule has 3 atom stereocenters. The number of hydrogen-bond donors (Lipinski definition) is 0. The predicted octanol–water partition coefficient (Wildman–Crippen LogP) is 4.81. The summed E-state index contributed by atoms with van der Waals surface area (Å²) in [6.07, 6.45) is 8.22. The van der Waals surface area contributed by atoms with Crippen LogP contribution >= 0.6 is 0 Å². The predicted molar refractivity (Wildman–Crippen MR) is 66.8 cm³/mol. The van der Waals surface area contributed by atoms with Crippen molar-refractivity contribution in [3.8, 4) is 0 Å². The summed E-state index contributed by atoms with van der Waals surface area (Å²) in [5.74, 6) is 1.81. The second-order valence-corrected chi connectivity index (χ2v) is 6.89. The van der Waals surface area contributed by atoms with Gasteiger partial charge in [-0.05, 0) is 55.3 Å². The highest BCUT2D eigenvalue weighted by atomic mass is 14.5. The number of allylic oxidation sites excluding steroid dienone is 2. The van der Waals surface area contributed by atoms with E-state index in [1.165, 1.54) is 25.7 Å². The fourth-order valence-electron chi connectivity index (χ4n) is 3.99. The Morgan fingerprint density at radius 3 is 2.60 bits per heavy atom. The summed E-state index contributed by atoms with van der Waals surface area (Å²) in [5.41, 5.74) is 2.69. The highest BCUT2D eigenvalue weighted by molar-refractivity contribution is 5.23. The van der Waals surface area contributed by atoms with Crippen LogP contribution in [0.2, 0.25) is 0 Å². The van der Waals surface area contributed by atoms with Gasteiger partial charge in [-0.25, -0.2) is 0 Å². The van der Waals surface area contributed by atoms with Crippen molar-refractivity contribution in [1.29, 1.82) is 0 Å². The minimum Gasteiger partial charge on any atom is -0.0791 e. The monoisotopic (exact) mass is 206 g/mol. The Hall–Kier alpha value is -0.260. The Labute approximate surface area is 95.1 Å². The Balaban J connectivity index is 2.23. The van der Waals surface area contributed by atoms with E-state index in [9.17, 15) is 0 Å². The van der Waals surface area contributed by atoms with Crippen LogP contribution in [0.15, 0.2) is 11.6 Å². The van der Waals surface area contributed by atoms with Gasteiger partial charge in [-0.1, -0.05) is 39.3 Å². The Kier molecular flexibility index (Phi) is 2.52. The number of hydrogen-bond acceptors (Lipinski definition) is 0. The number of rotatable bonds is 1. The normalized spacial score (nSPS) is 45.5. The third-order valence-corrected chi connectivity index (χ3v) is 5.31. The van der Waals surface area contributed by atoms with Crippen LogP contribution in [0.3, 0.4) is 0 Å². The third-order valence-electron chi connectivity index (χ3n) is 5.31. The quantitative estimate of drug-likeness (QED) is 0.540. The summed E-state index contributed by atoms with van der Waals surface area (Å²) in [6, 6.07) is 0. The molecular weight excluding hydrogens is 180 g/mol. The molecule has 0 N–H and O–H groups in total. The van der Waals surface area contributed by atoms with E-state index < -0.39 is 0 Å². The van der Waals surface area contributed by atoms with E-state index in [-0.39, 0.29) is 0 Å². The van der Waals surface area contributed by atoms with Crippen LogP contribution in [0, 0.1) is 22.7 Å². The largest absolute Gasteiger partial charge is 0.0791 e. The zero-order chi connectivity index (χ0) is 11.3. The molecule has 15 heavy (non-hydrogen) atoms. The molecule has 0 heteroatoms. The van der Waals surface area contributed by atoms with Gasteiger partial charge in [0.25, 0.3) is 0 Å². The Bertz CT molecular complexity index is 286. The average molecular weight is 206 g/mol. The van der Waals surface area contributed by atoms with Crippen molar-refractivity contribution in [2.24, 2.45) is 22.7 Å². The van der Waals surface area contributed by atoms with Crippen molar-refractivity contribution in [3.05, 3.63) is 11.6 Å². The lowest BCUT2D eigenvalue weighted by atomic mass is 9.55. The van der Waals surface area contributed by atoms with Crippen molar-refractivity contribution in [2.75, 3.05) is 0 Å². The molecular formula is C15H26. The molecule has 0 amide bonds. The summed E-state index contributed by atoms with van der Waals surface area (Å²) in [7, 11) is 0. The van der Waals surface area contributed by atoms with E-state index in [0.717, 1.165) is 11.8 Å². The first-order valence-corrected chi connectivity index (χ1v) is 6.55. The SMILES string of the molecule is CC1=C[C@]2(C)C[C@H](C(C)C)CC[C@]2(C)C1. The van der Waals surface area contributed by atoms with Crippen LogP contribution in [0.1, 0.15) is 60.3 Å². The molecule has 86 valence electrons. The summed E-state index contributed by atoms with van der Waals surface area (Å²) < 4.78 is 0. The van der Waals surface area contributed by atoms with Crippen LogP contribution in [0.25, 0.3) is 0 Å². The molecule has 1 fully saturated rings. The van der Waals surface area contributed by atoms with E-state index in [0.29, 0.717) is 10.8 Å². The first-order valence-electron chi connectivity index (χ1n) is 6.55. The van der Waals surface area contributed by atoms with Crippen LogP contribution in [-0.4, -0.2) is 0 Å². The maximum absolute atomic E-state index is 2.58. The number of fused-ring (bicyclic) bond motifs is 1. The standard InChI is InChI=1S/C15H26/c1-11(2)13-6-7-14(4)8-12(3)9-15(14,5)10-13/h9,11,13H,6-8,10H2,1-5H3/t13-,14-,15-/m1/s1. The summed E-state index contributed by atoms with van der Waals surface area (Å²) in [5, 5.41) is 0. The molecule has 0 aromatic heterocycles. The van der Waals surface area contributed by atoms with Crippen molar-refractivity contribution in [3.63, 3.8) is 0 Å². The van der Waals surface area contributed by atoms with E-state index in [1.54, 1.807) is 5.57 Å². The van der Waals surface area contributed by atoms with Crippen LogP contribution in [-0.2, 0) is 0 Å². The van der Waals surface area contributed by atoms with Crippen molar-refractivity contribution < 1.29 is 0 Å². The van der Waals surface area contributed by atoms with E-state index >= 15 is 0 Å². The topological polar surface area (TPSA) is 0 Å². The van der Waals surface area contributed by atoms with Gasteiger partial charge in [-0.3, -0.25) is 0 Å². The van der Waals surface area contributed by atoms with Gasteiger partial charge in [0.05, 0.1) is 0 Å². The van der Waals surface area contributed by atoms with Crippen molar-refractivity contribution in [2.45, 2.75) is 60.3 Å². The minimum absolute atomic E-state index is 0.490. The van der Waals surface area contributed by atoms with Crippen molar-refractivity contribution in [1.82, 2.24) is 0 Å². The molecule has 0 heterocycles. The second-order valence-electron chi connectivity index (χ2n) is 6.89. The van der Waals surface area contributed by atoms with E-state index in [1.807, 2.05) is 0 Å². The van der Waals surface area contributed by atoms with Crippen LogP contribution in [0.5, 0.6) is 0 Å². The van der Waals surface area contributed by atoms with Gasteiger partial charge >= 0.3 is 0 Å². The van der Waals surface area contributed by atoms with Gasteiger partial charge in [0.15, 0.2) is 0 Å². The average Bonchev–Trinajstić information content (AvgIpc) is 2.32. The summed E-state index contributed by atoms with van der Waals surface area (Å²) >= 11 is 0. The fraction of sp³-hybridized carbons (Fsp3) is 0.867. The molecule has 0 radical (unpaired) electrons. The first-order chi connectivity index (χ1) is 6.86. The molecule has 0 unspecified atom stereocenters. The van der Waals surface area contributed by atoms with Gasteiger partial charge in [-0.2, -0.15) is 0 Å². The first kappa shape index (κ1) is 11.2. The molecule has 2 aliphatic rings. The van der Waals surface area contributed by atoms with Gasteiger partial charge in [0, 0.05) is 0 Å². The molecule has 0 spiro atoms. The maximum atomic E-state index is 2.58. The van der Waals surface area contributed by atoms with E-state index in [4.69, 9.17) is 0 Å². The second kappa shape index (κ2) is 3.37. The van der Waals surface area contributed by atoms with Gasteiger partial charge < -0.3 is 0 Å². The highest BCUT2D eigenvalue weighted by Crippen LogP contribution is 2.61. The van der Waals surface area contributed by atoms with Crippen LogP contribution in [0.4, 0.5) is 0 Å². The molecule has 2 aliphatic carbocycles. The van der Waals surface area contributed by atoms with Crippen molar-refractivity contribution >= 4 is 0 Å². The Morgan fingerprint density at radius 2 is 2.00 bits per heavy atom. The lowest BCUT2D eigenvalue weighted by Crippen LogP contribution is -2.40. The molecule has 0 aromatic rings. The molecule has 2 rings (SSSR count). The van der Waals surface area contributed by atoms with Gasteiger partial charge in [0.2, 0.25) is 0 Å². The molecule has 0 bridgehead atoms. The van der Waals surface area contributed by atoms with Gasteiger partial charge in [-0.15, -0.1) is 0 Å². The highest BCUT2D eigenvalue weighted by Gasteiger charge is 2.50. The van der Waals surface area contributed by atoms with Crippen LogP contribution < -0.4 is 0 Å². The summed E-state index contributed by atoms with van der Waals surface area (Å²) in [4.78, 5) is 0. The zero-order valence-electron chi connectivity index (χ0n) is 11.1. The van der Waals surface area contributed by atoms with E-state index in [2.05, 4.69) is 40.7 Å². The fourth-order valence-corrected chi connectivity index (χ4v) is 3.99. The smallest absolute Gasteiger partial charge is 0.00844 e. The molecule has 1 saturated carbocycles.